The number of benzene rings is 2. The molecular weight excluding hydrogens is 429 g/mol. The van der Waals surface area contributed by atoms with Gasteiger partial charge in [-0.3, -0.25) is 4.31 Å². The number of hydrogen-bond acceptors (Lipinski definition) is 3. The fourth-order valence-corrected chi connectivity index (χ4v) is 4.24. The summed E-state index contributed by atoms with van der Waals surface area (Å²) < 4.78 is 27.7. The summed E-state index contributed by atoms with van der Waals surface area (Å²) in [6.07, 6.45) is 0. The number of carboxylic acids is 1. The number of aryl methyl sites for hydroxylation is 1. The van der Waals surface area contributed by atoms with Crippen molar-refractivity contribution in [3.05, 3.63) is 57.7 Å². The van der Waals surface area contributed by atoms with Gasteiger partial charge in [-0.15, -0.1) is 0 Å². The lowest BCUT2D eigenvalue weighted by atomic mass is 10.2. The average Bonchev–Trinajstić information content (AvgIpc) is 2.47. The maximum Gasteiger partial charge on any atom is 0.327 e. The van der Waals surface area contributed by atoms with Crippen LogP contribution in [0.4, 0.5) is 5.69 Å². The second-order valence-corrected chi connectivity index (χ2v) is 8.17. The van der Waals surface area contributed by atoms with Gasteiger partial charge in [0.2, 0.25) is 0 Å². The highest BCUT2D eigenvalue weighted by Gasteiger charge is 2.33. The van der Waals surface area contributed by atoms with Crippen molar-refractivity contribution >= 4 is 44.3 Å². The lowest BCUT2D eigenvalue weighted by Crippen LogP contribution is -2.43. The number of hydrogen-bond donors (Lipinski definition) is 1. The summed E-state index contributed by atoms with van der Waals surface area (Å²) in [5.74, 6) is -1.21. The molecule has 0 aliphatic heterocycles. The third-order valence-electron chi connectivity index (χ3n) is 3.35. The van der Waals surface area contributed by atoms with Gasteiger partial charge in [0, 0.05) is 3.57 Å². The van der Waals surface area contributed by atoms with Crippen LogP contribution in [0, 0.1) is 10.5 Å². The molecule has 2 aromatic carbocycles. The van der Waals surface area contributed by atoms with Crippen LogP contribution in [0.25, 0.3) is 0 Å². The van der Waals surface area contributed by atoms with Crippen molar-refractivity contribution in [1.29, 1.82) is 0 Å². The monoisotopic (exact) mass is 445 g/mol. The van der Waals surface area contributed by atoms with E-state index in [0.29, 0.717) is 5.69 Å². The first-order valence-electron chi connectivity index (χ1n) is 6.83. The van der Waals surface area contributed by atoms with Crippen LogP contribution in [0.15, 0.2) is 53.4 Å². The summed E-state index contributed by atoms with van der Waals surface area (Å²) in [6.45, 7) is 3.21. The van der Waals surface area contributed by atoms with Gasteiger partial charge in [-0.2, -0.15) is 0 Å². The van der Waals surface area contributed by atoms with Crippen LogP contribution in [0.5, 0.6) is 0 Å². The van der Waals surface area contributed by atoms with E-state index in [4.69, 9.17) is 0 Å². The van der Waals surface area contributed by atoms with E-state index in [1.807, 2.05) is 13.0 Å². The molecule has 0 saturated heterocycles. The van der Waals surface area contributed by atoms with Crippen LogP contribution in [-0.4, -0.2) is 25.5 Å². The summed E-state index contributed by atoms with van der Waals surface area (Å²) in [6, 6.07) is 11.9. The molecule has 1 atom stereocenters. The number of sulfonamides is 1. The Morgan fingerprint density at radius 3 is 2.30 bits per heavy atom. The molecule has 0 aromatic heterocycles. The second-order valence-electron chi connectivity index (χ2n) is 5.11. The van der Waals surface area contributed by atoms with Crippen molar-refractivity contribution in [2.45, 2.75) is 24.8 Å². The van der Waals surface area contributed by atoms with Crippen LogP contribution < -0.4 is 4.31 Å². The van der Waals surface area contributed by atoms with Crippen LogP contribution in [0.3, 0.4) is 0 Å². The quantitative estimate of drug-likeness (QED) is 0.718. The summed E-state index contributed by atoms with van der Waals surface area (Å²) in [5.41, 5.74) is 1.25. The van der Waals surface area contributed by atoms with Crippen LogP contribution >= 0.6 is 22.6 Å². The number of anilines is 1. The molecule has 0 spiro atoms. The van der Waals surface area contributed by atoms with E-state index >= 15 is 0 Å². The van der Waals surface area contributed by atoms with Crippen molar-refractivity contribution in [1.82, 2.24) is 0 Å². The number of rotatable bonds is 5. The molecule has 0 fully saturated rings. The zero-order chi connectivity index (χ0) is 17.2. The van der Waals surface area contributed by atoms with Gasteiger partial charge in [-0.05, 0) is 66.8 Å². The lowest BCUT2D eigenvalue weighted by molar-refractivity contribution is -0.137. The largest absolute Gasteiger partial charge is 0.480 e. The van der Waals surface area contributed by atoms with Gasteiger partial charge in [0.1, 0.15) is 6.04 Å². The summed E-state index contributed by atoms with van der Waals surface area (Å²) in [7, 11) is -3.98. The van der Waals surface area contributed by atoms with Gasteiger partial charge in [0.05, 0.1) is 10.6 Å². The normalized spacial score (nSPS) is 12.7. The molecule has 7 heteroatoms. The highest BCUT2D eigenvalue weighted by Crippen LogP contribution is 2.27. The van der Waals surface area contributed by atoms with Crippen molar-refractivity contribution < 1.29 is 18.3 Å². The van der Waals surface area contributed by atoms with Gasteiger partial charge in [0.25, 0.3) is 10.0 Å². The van der Waals surface area contributed by atoms with Gasteiger partial charge in [-0.25, -0.2) is 13.2 Å². The standard InChI is InChI=1S/C16H16INO4S/c1-11-6-8-15(9-7-11)23(21,22)18(12(2)16(19)20)14-5-3-4-13(17)10-14/h3-10,12H,1-2H3,(H,19,20). The van der Waals surface area contributed by atoms with E-state index in [1.165, 1.54) is 19.1 Å². The highest BCUT2D eigenvalue weighted by atomic mass is 127. The molecule has 0 heterocycles. The van der Waals surface area contributed by atoms with E-state index in [0.717, 1.165) is 13.4 Å². The van der Waals surface area contributed by atoms with Crippen molar-refractivity contribution in [2.75, 3.05) is 4.31 Å². The van der Waals surface area contributed by atoms with E-state index in [1.54, 1.807) is 30.3 Å². The van der Waals surface area contributed by atoms with Crippen molar-refractivity contribution in [2.24, 2.45) is 0 Å². The Hall–Kier alpha value is -1.61. The van der Waals surface area contributed by atoms with Gasteiger partial charge in [0.15, 0.2) is 0 Å². The van der Waals surface area contributed by atoms with E-state index in [9.17, 15) is 18.3 Å². The average molecular weight is 445 g/mol. The number of carbonyl (C=O) groups is 1. The van der Waals surface area contributed by atoms with E-state index in [-0.39, 0.29) is 4.90 Å². The Morgan fingerprint density at radius 1 is 1.17 bits per heavy atom. The molecule has 0 aliphatic carbocycles. The zero-order valence-corrected chi connectivity index (χ0v) is 15.6. The maximum absolute atomic E-state index is 13.0. The molecule has 0 aliphatic rings. The van der Waals surface area contributed by atoms with Crippen molar-refractivity contribution in [3.63, 3.8) is 0 Å². The molecular formula is C16H16INO4S. The van der Waals surface area contributed by atoms with Gasteiger partial charge >= 0.3 is 5.97 Å². The van der Waals surface area contributed by atoms with Gasteiger partial charge in [-0.1, -0.05) is 23.8 Å². The third kappa shape index (κ3) is 3.84. The molecule has 1 N–H and O–H groups in total. The number of aliphatic carboxylic acids is 1. The minimum absolute atomic E-state index is 0.0649. The van der Waals surface area contributed by atoms with E-state index in [2.05, 4.69) is 22.6 Å². The smallest absolute Gasteiger partial charge is 0.327 e. The first kappa shape index (κ1) is 17.7. The zero-order valence-electron chi connectivity index (χ0n) is 12.6. The molecule has 2 rings (SSSR count). The molecule has 122 valence electrons. The molecule has 0 saturated carbocycles. The summed E-state index contributed by atoms with van der Waals surface area (Å²) in [5, 5.41) is 9.33. The maximum atomic E-state index is 13.0. The first-order chi connectivity index (χ1) is 10.7. The fraction of sp³-hybridized carbons (Fsp3) is 0.188. The number of nitrogens with zero attached hydrogens (tertiary/aromatic N) is 1. The first-order valence-corrected chi connectivity index (χ1v) is 9.35. The van der Waals surface area contributed by atoms with Gasteiger partial charge < -0.3 is 5.11 Å². The fourth-order valence-electron chi connectivity index (χ4n) is 2.11. The van der Waals surface area contributed by atoms with Crippen LogP contribution in [0.1, 0.15) is 12.5 Å². The molecule has 23 heavy (non-hydrogen) atoms. The Bertz CT molecular complexity index is 818. The second kappa shape index (κ2) is 6.88. The van der Waals surface area contributed by atoms with Crippen molar-refractivity contribution in [3.8, 4) is 0 Å². The summed E-state index contributed by atoms with van der Waals surface area (Å²) in [4.78, 5) is 11.5. The SMILES string of the molecule is Cc1ccc(S(=O)(=O)N(c2cccc(I)c2)C(C)C(=O)O)cc1. The minimum Gasteiger partial charge on any atom is -0.480 e. The predicted octanol–water partition coefficient (Wildman–Crippen LogP) is 3.27. The molecule has 0 bridgehead atoms. The Balaban J connectivity index is 2.61. The Labute approximate surface area is 149 Å². The lowest BCUT2D eigenvalue weighted by Gasteiger charge is -2.28. The Kier molecular flexibility index (Phi) is 5.30. The summed E-state index contributed by atoms with van der Waals surface area (Å²) >= 11 is 2.06. The topological polar surface area (TPSA) is 74.7 Å². The van der Waals surface area contributed by atoms with E-state index < -0.39 is 22.0 Å². The molecule has 0 radical (unpaired) electrons. The molecule has 1 unspecified atom stereocenters. The van der Waals surface area contributed by atoms with Crippen LogP contribution in [0.2, 0.25) is 0 Å². The number of halogens is 1. The van der Waals surface area contributed by atoms with Crippen LogP contribution in [-0.2, 0) is 14.8 Å². The highest BCUT2D eigenvalue weighted by molar-refractivity contribution is 14.1. The molecule has 0 amide bonds. The Morgan fingerprint density at radius 2 is 1.78 bits per heavy atom. The predicted molar refractivity (Wildman–Crippen MR) is 97.1 cm³/mol. The third-order valence-corrected chi connectivity index (χ3v) is 5.93. The molecule has 5 nitrogen and oxygen atoms in total. The molecule has 2 aromatic rings. The minimum atomic E-state index is -3.98. The number of carboxylic acid groups (broad SMARTS) is 1.